The molecule has 0 aliphatic heterocycles. The minimum atomic E-state index is 0.455. The van der Waals surface area contributed by atoms with Crippen LogP contribution in [0.3, 0.4) is 0 Å². The smallest absolute Gasteiger partial charge is 0.208 e. The van der Waals surface area contributed by atoms with Crippen LogP contribution in [0.5, 0.6) is 5.75 Å². The van der Waals surface area contributed by atoms with Crippen molar-refractivity contribution in [2.45, 2.75) is 53.5 Å². The molecule has 0 atom stereocenters. The van der Waals surface area contributed by atoms with Crippen LogP contribution in [-0.2, 0) is 7.05 Å². The van der Waals surface area contributed by atoms with Crippen LogP contribution in [0, 0.1) is 20.8 Å². The second-order valence-electron chi connectivity index (χ2n) is 7.56. The number of ether oxygens (including phenoxy) is 1. The summed E-state index contributed by atoms with van der Waals surface area (Å²) in [7, 11) is 3.77. The van der Waals surface area contributed by atoms with Crippen LogP contribution in [0.15, 0.2) is 24.3 Å². The van der Waals surface area contributed by atoms with E-state index in [4.69, 9.17) is 9.72 Å². The Morgan fingerprint density at radius 3 is 2.43 bits per heavy atom. The van der Waals surface area contributed by atoms with Crippen molar-refractivity contribution in [1.29, 1.82) is 0 Å². The predicted molar refractivity (Wildman–Crippen MR) is 119 cm³/mol. The van der Waals surface area contributed by atoms with Crippen molar-refractivity contribution in [2.24, 2.45) is 7.05 Å². The molecule has 0 aliphatic carbocycles. The van der Waals surface area contributed by atoms with E-state index in [0.717, 1.165) is 52.5 Å². The van der Waals surface area contributed by atoms with Gasteiger partial charge in [-0.25, -0.2) is 4.98 Å². The molecule has 3 aromatic rings. The highest BCUT2D eigenvalue weighted by Crippen LogP contribution is 2.35. The number of aryl methyl sites for hydroxylation is 4. The normalized spacial score (nSPS) is 11.3. The van der Waals surface area contributed by atoms with Gasteiger partial charge in [0.15, 0.2) is 0 Å². The van der Waals surface area contributed by atoms with E-state index in [9.17, 15) is 0 Å². The van der Waals surface area contributed by atoms with Crippen LogP contribution < -0.4 is 15.4 Å². The molecule has 28 heavy (non-hydrogen) atoms. The summed E-state index contributed by atoms with van der Waals surface area (Å²) in [5.41, 5.74) is 7.71. The molecule has 0 bridgehead atoms. The van der Waals surface area contributed by atoms with Gasteiger partial charge in [0.05, 0.1) is 29.5 Å². The van der Waals surface area contributed by atoms with Gasteiger partial charge in [0.1, 0.15) is 5.75 Å². The third-order valence-corrected chi connectivity index (χ3v) is 5.47. The zero-order chi connectivity index (χ0) is 20.4. The molecule has 5 nitrogen and oxygen atoms in total. The lowest BCUT2D eigenvalue weighted by Gasteiger charge is -2.18. The van der Waals surface area contributed by atoms with E-state index in [1.807, 2.05) is 6.07 Å². The number of methoxy groups -OCH3 is 1. The number of fused-ring (bicyclic) bond motifs is 1. The average Bonchev–Trinajstić information content (AvgIpc) is 3.01. The van der Waals surface area contributed by atoms with E-state index in [0.29, 0.717) is 6.04 Å². The maximum atomic E-state index is 5.61. The van der Waals surface area contributed by atoms with Crippen LogP contribution in [0.2, 0.25) is 0 Å². The monoisotopic (exact) mass is 380 g/mol. The van der Waals surface area contributed by atoms with Crippen molar-refractivity contribution >= 4 is 28.4 Å². The molecule has 2 N–H and O–H groups in total. The molecule has 0 aliphatic rings. The van der Waals surface area contributed by atoms with Gasteiger partial charge in [-0.2, -0.15) is 0 Å². The van der Waals surface area contributed by atoms with Crippen LogP contribution >= 0.6 is 0 Å². The van der Waals surface area contributed by atoms with E-state index in [1.165, 1.54) is 11.1 Å². The van der Waals surface area contributed by atoms with E-state index in [-0.39, 0.29) is 0 Å². The highest BCUT2D eigenvalue weighted by molar-refractivity contribution is 5.93. The van der Waals surface area contributed by atoms with Crippen molar-refractivity contribution in [2.75, 3.05) is 17.7 Å². The Bertz CT molecular complexity index is 986. The van der Waals surface area contributed by atoms with Crippen LogP contribution in [-0.4, -0.2) is 22.7 Å². The van der Waals surface area contributed by atoms with E-state index < -0.39 is 0 Å². The first-order valence-electron chi connectivity index (χ1n) is 10.0. The Kier molecular flexibility index (Phi) is 5.82. The highest BCUT2D eigenvalue weighted by atomic mass is 16.5. The summed E-state index contributed by atoms with van der Waals surface area (Å²) in [4.78, 5) is 4.92. The molecule has 0 unspecified atom stereocenters. The van der Waals surface area contributed by atoms with Crippen molar-refractivity contribution in [1.82, 2.24) is 9.55 Å². The molecular weight excluding hydrogens is 348 g/mol. The number of hydrogen-bond acceptors (Lipinski definition) is 4. The van der Waals surface area contributed by atoms with E-state index in [1.54, 1.807) is 7.11 Å². The first kappa shape index (κ1) is 20.1. The summed E-state index contributed by atoms with van der Waals surface area (Å²) < 4.78 is 7.74. The summed E-state index contributed by atoms with van der Waals surface area (Å²) in [6, 6.07) is 8.96. The lowest BCUT2D eigenvalue weighted by molar-refractivity contribution is 0.416. The molecule has 0 spiro atoms. The molecule has 1 heterocycles. The average molecular weight is 381 g/mol. The molecule has 3 rings (SSSR count). The number of benzene rings is 2. The highest BCUT2D eigenvalue weighted by Gasteiger charge is 2.17. The summed E-state index contributed by atoms with van der Waals surface area (Å²) in [5, 5.41) is 7.21. The number of imidazole rings is 1. The van der Waals surface area contributed by atoms with Crippen molar-refractivity contribution in [3.8, 4) is 5.75 Å². The number of rotatable bonds is 7. The summed E-state index contributed by atoms with van der Waals surface area (Å²) in [6.07, 6.45) is 2.18. The van der Waals surface area contributed by atoms with Gasteiger partial charge in [-0.3, -0.25) is 0 Å². The lowest BCUT2D eigenvalue weighted by Crippen LogP contribution is -2.17. The fourth-order valence-electron chi connectivity index (χ4n) is 3.75. The summed E-state index contributed by atoms with van der Waals surface area (Å²) >= 11 is 0. The quantitative estimate of drug-likeness (QED) is 0.540. The number of hydrogen-bond donors (Lipinski definition) is 2. The molecule has 5 heteroatoms. The zero-order valence-corrected chi connectivity index (χ0v) is 18.1. The number of nitrogens with one attached hydrogen (secondary N) is 2. The Hall–Kier alpha value is -2.69. The molecule has 1 aromatic heterocycles. The van der Waals surface area contributed by atoms with Gasteiger partial charge in [0.25, 0.3) is 0 Å². The van der Waals surface area contributed by atoms with E-state index in [2.05, 4.69) is 75.1 Å². The minimum absolute atomic E-state index is 0.455. The zero-order valence-electron chi connectivity index (χ0n) is 18.1. The minimum Gasteiger partial charge on any atom is -0.495 e. The Balaban J connectivity index is 2.09. The molecule has 0 amide bonds. The molecular formula is C23H32N4O. The van der Waals surface area contributed by atoms with Gasteiger partial charge in [0.2, 0.25) is 5.95 Å². The van der Waals surface area contributed by atoms with Gasteiger partial charge in [-0.05, 0) is 62.4 Å². The predicted octanol–water partition coefficient (Wildman–Crippen LogP) is 5.85. The molecule has 150 valence electrons. The summed E-state index contributed by atoms with van der Waals surface area (Å²) in [6.45, 7) is 10.7. The fraction of sp³-hybridized carbons (Fsp3) is 0.435. The van der Waals surface area contributed by atoms with Crippen molar-refractivity contribution in [3.05, 3.63) is 41.0 Å². The molecule has 2 aromatic carbocycles. The van der Waals surface area contributed by atoms with Crippen LogP contribution in [0.1, 0.15) is 43.4 Å². The first-order chi connectivity index (χ1) is 13.4. The number of nitrogens with zero attached hydrogens (tertiary/aromatic N) is 2. The molecule has 0 saturated carbocycles. The van der Waals surface area contributed by atoms with E-state index >= 15 is 0 Å². The number of anilines is 3. The Labute approximate surface area is 168 Å². The first-order valence-corrected chi connectivity index (χ1v) is 10.0. The molecule has 0 radical (unpaired) electrons. The van der Waals surface area contributed by atoms with Gasteiger partial charge in [-0.15, -0.1) is 0 Å². The van der Waals surface area contributed by atoms with Gasteiger partial charge in [0, 0.05) is 13.1 Å². The molecule has 0 fully saturated rings. The maximum absolute atomic E-state index is 5.61. The van der Waals surface area contributed by atoms with Crippen LogP contribution in [0.25, 0.3) is 11.0 Å². The lowest BCUT2D eigenvalue weighted by atomic mass is 10.1. The third-order valence-electron chi connectivity index (χ3n) is 5.47. The maximum Gasteiger partial charge on any atom is 0.208 e. The van der Waals surface area contributed by atoms with Crippen LogP contribution in [0.4, 0.5) is 17.3 Å². The number of aromatic nitrogens is 2. The second-order valence-corrected chi connectivity index (χ2v) is 7.56. The third kappa shape index (κ3) is 3.66. The fourth-order valence-corrected chi connectivity index (χ4v) is 3.75. The van der Waals surface area contributed by atoms with Crippen molar-refractivity contribution in [3.63, 3.8) is 0 Å². The molecule has 0 saturated heterocycles. The van der Waals surface area contributed by atoms with Gasteiger partial charge in [-0.1, -0.05) is 26.0 Å². The Morgan fingerprint density at radius 2 is 1.79 bits per heavy atom. The van der Waals surface area contributed by atoms with Crippen molar-refractivity contribution < 1.29 is 4.74 Å². The van der Waals surface area contributed by atoms with Gasteiger partial charge >= 0.3 is 0 Å². The van der Waals surface area contributed by atoms with Gasteiger partial charge < -0.3 is 19.9 Å². The topological polar surface area (TPSA) is 51.1 Å². The SMILES string of the molecule is CCC(CC)Nc1ccc(C)c2nc(Nc3c(C)cc(C)cc3OC)n(C)c12. The Morgan fingerprint density at radius 1 is 1.07 bits per heavy atom. The summed E-state index contributed by atoms with van der Waals surface area (Å²) in [5.74, 6) is 1.64. The largest absolute Gasteiger partial charge is 0.495 e. The standard InChI is InChI=1S/C23H32N4O/c1-8-17(9-2)24-18-11-10-15(4)21-22(18)27(6)23(26-21)25-20-16(5)12-14(3)13-19(20)28-7/h10-13,17,24H,8-9H2,1-7H3,(H,25,26). The second kappa shape index (κ2) is 8.13.